The van der Waals surface area contributed by atoms with Gasteiger partial charge in [0.05, 0.1) is 5.44 Å². The first-order valence-electron chi connectivity index (χ1n) is 2.14. The molecule has 0 heterocycles. The van der Waals surface area contributed by atoms with Gasteiger partial charge in [0.2, 0.25) is 0 Å². The van der Waals surface area contributed by atoms with Gasteiger partial charge in [-0.1, -0.05) is 0 Å². The van der Waals surface area contributed by atoms with Crippen LogP contribution in [0.25, 0.3) is 0 Å². The van der Waals surface area contributed by atoms with E-state index >= 15 is 0 Å². The largest absolute Gasteiger partial charge is 0.480 e. The van der Waals surface area contributed by atoms with Crippen LogP contribution in [0.15, 0.2) is 0 Å². The van der Waals surface area contributed by atoms with Crippen molar-refractivity contribution in [1.29, 1.82) is 0 Å². The fourth-order valence-electron chi connectivity index (χ4n) is 0.192. The molecule has 3 nitrogen and oxygen atoms in total. The average Bonchev–Trinajstić information content (AvgIpc) is 1.61. The number of carboxylic acids is 1. The lowest BCUT2D eigenvalue weighted by Crippen LogP contribution is -2.10. The molecule has 48 valence electrons. The van der Waals surface area contributed by atoms with E-state index in [2.05, 4.69) is 17.4 Å². The number of carbonyl (C=O) groups is 1. The lowest BCUT2D eigenvalue weighted by Gasteiger charge is -2.00. The summed E-state index contributed by atoms with van der Waals surface area (Å²) in [5.74, 6) is -0.967. The van der Waals surface area contributed by atoms with Crippen LogP contribution in [0.2, 0.25) is 0 Å². The summed E-state index contributed by atoms with van der Waals surface area (Å²) in [6.45, 7) is 1.39. The Hall–Kier alpha value is -0.220. The van der Waals surface area contributed by atoms with Gasteiger partial charge in [-0.25, -0.2) is 4.79 Å². The van der Waals surface area contributed by atoms with Crippen LogP contribution in [0.4, 0.5) is 0 Å². The van der Waals surface area contributed by atoms with E-state index in [-0.39, 0.29) is 12.0 Å². The van der Waals surface area contributed by atoms with Gasteiger partial charge >= 0.3 is 5.97 Å². The topological polar surface area (TPSA) is 46.5 Å². The predicted molar refractivity (Wildman–Crippen MR) is 32.0 cm³/mol. The molecule has 1 atom stereocenters. The van der Waals surface area contributed by atoms with Crippen molar-refractivity contribution in [3.63, 3.8) is 0 Å². The summed E-state index contributed by atoms with van der Waals surface area (Å²) in [6, 6.07) is 0. The average molecular weight is 136 g/mol. The minimum atomic E-state index is -0.967. The zero-order chi connectivity index (χ0) is 6.57. The lowest BCUT2D eigenvalue weighted by atomic mass is 10.7. The Morgan fingerprint density at radius 3 is 2.62 bits per heavy atom. The SMILES string of the molecule is CC(S)OCC(=O)O. The van der Waals surface area contributed by atoms with E-state index < -0.39 is 5.97 Å². The van der Waals surface area contributed by atoms with Gasteiger partial charge in [-0.05, 0) is 6.92 Å². The second-order valence-corrected chi connectivity index (χ2v) is 2.03. The first kappa shape index (κ1) is 7.78. The van der Waals surface area contributed by atoms with Crippen LogP contribution < -0.4 is 0 Å². The standard InChI is InChI=1S/C4H8O3S/c1-3(8)7-2-4(5)6/h3,8H,2H2,1H3,(H,5,6). The number of thiol groups is 1. The molecule has 4 heteroatoms. The number of hydrogen-bond donors (Lipinski definition) is 2. The molecule has 0 fully saturated rings. The summed E-state index contributed by atoms with van der Waals surface area (Å²) < 4.78 is 4.57. The fourth-order valence-corrected chi connectivity index (χ4v) is 0.266. The highest BCUT2D eigenvalue weighted by molar-refractivity contribution is 7.80. The monoisotopic (exact) mass is 136 g/mol. The van der Waals surface area contributed by atoms with Crippen LogP contribution in [0.1, 0.15) is 6.92 Å². The molecule has 0 bridgehead atoms. The molecule has 0 aliphatic heterocycles. The molecular weight excluding hydrogens is 128 g/mol. The van der Waals surface area contributed by atoms with Crippen LogP contribution in [0, 0.1) is 0 Å². The van der Waals surface area contributed by atoms with Crippen molar-refractivity contribution in [3.05, 3.63) is 0 Å². The molecule has 0 aromatic carbocycles. The van der Waals surface area contributed by atoms with Crippen molar-refractivity contribution in [2.45, 2.75) is 12.4 Å². The van der Waals surface area contributed by atoms with Crippen molar-refractivity contribution in [2.24, 2.45) is 0 Å². The summed E-state index contributed by atoms with van der Waals surface area (Å²) in [5, 5.41) is 8.00. The van der Waals surface area contributed by atoms with Crippen molar-refractivity contribution in [1.82, 2.24) is 0 Å². The van der Waals surface area contributed by atoms with Gasteiger partial charge in [0, 0.05) is 0 Å². The predicted octanol–water partition coefficient (Wildman–Crippen LogP) is 0.363. The quantitative estimate of drug-likeness (QED) is 0.435. The lowest BCUT2D eigenvalue weighted by molar-refractivity contribution is -0.142. The Bertz CT molecular complexity index is 81.4. The summed E-state index contributed by atoms with van der Waals surface area (Å²) in [6.07, 6.45) is 0. The zero-order valence-electron chi connectivity index (χ0n) is 4.50. The molecule has 0 radical (unpaired) electrons. The van der Waals surface area contributed by atoms with Gasteiger partial charge in [-0.15, -0.1) is 12.6 Å². The van der Waals surface area contributed by atoms with Crippen molar-refractivity contribution in [3.8, 4) is 0 Å². The second kappa shape index (κ2) is 3.74. The Kier molecular flexibility index (Phi) is 3.64. The van der Waals surface area contributed by atoms with E-state index in [1.54, 1.807) is 6.92 Å². The maximum atomic E-state index is 9.74. The van der Waals surface area contributed by atoms with Gasteiger partial charge in [0.15, 0.2) is 0 Å². The fraction of sp³-hybridized carbons (Fsp3) is 0.750. The minimum absolute atomic E-state index is 0.273. The molecule has 0 spiro atoms. The van der Waals surface area contributed by atoms with Gasteiger partial charge in [-0.2, -0.15) is 0 Å². The molecule has 0 aromatic rings. The minimum Gasteiger partial charge on any atom is -0.480 e. The maximum Gasteiger partial charge on any atom is 0.329 e. The summed E-state index contributed by atoms with van der Waals surface area (Å²) in [5.41, 5.74) is -0.300. The van der Waals surface area contributed by atoms with Crippen LogP contribution in [0.3, 0.4) is 0 Å². The third-order valence-electron chi connectivity index (χ3n) is 0.448. The Labute approximate surface area is 53.1 Å². The maximum absolute atomic E-state index is 9.74. The third kappa shape index (κ3) is 5.78. The number of hydrogen-bond acceptors (Lipinski definition) is 3. The second-order valence-electron chi connectivity index (χ2n) is 1.30. The molecule has 0 aliphatic rings. The van der Waals surface area contributed by atoms with Gasteiger partial charge in [0.25, 0.3) is 0 Å². The Balaban J connectivity index is 3.05. The number of ether oxygens (including phenoxy) is 1. The highest BCUT2D eigenvalue weighted by Gasteiger charge is 1.97. The number of carboxylic acid groups (broad SMARTS) is 1. The molecule has 0 amide bonds. The van der Waals surface area contributed by atoms with Crippen LogP contribution in [-0.4, -0.2) is 23.1 Å². The Morgan fingerprint density at radius 1 is 2.00 bits per heavy atom. The molecule has 0 rings (SSSR count). The van der Waals surface area contributed by atoms with Crippen molar-refractivity contribution < 1.29 is 14.6 Å². The van der Waals surface area contributed by atoms with Gasteiger partial charge in [0.1, 0.15) is 6.61 Å². The van der Waals surface area contributed by atoms with E-state index in [0.717, 1.165) is 0 Å². The van der Waals surface area contributed by atoms with Crippen molar-refractivity contribution in [2.75, 3.05) is 6.61 Å². The molecular formula is C4H8O3S. The van der Waals surface area contributed by atoms with E-state index in [0.29, 0.717) is 0 Å². The molecule has 8 heavy (non-hydrogen) atoms. The van der Waals surface area contributed by atoms with Crippen LogP contribution in [0.5, 0.6) is 0 Å². The highest BCUT2D eigenvalue weighted by Crippen LogP contribution is 1.92. The van der Waals surface area contributed by atoms with Gasteiger partial charge < -0.3 is 9.84 Å². The highest BCUT2D eigenvalue weighted by atomic mass is 32.1. The smallest absolute Gasteiger partial charge is 0.329 e. The van der Waals surface area contributed by atoms with Gasteiger partial charge in [-0.3, -0.25) is 0 Å². The van der Waals surface area contributed by atoms with Crippen LogP contribution >= 0.6 is 12.6 Å². The molecule has 1 unspecified atom stereocenters. The third-order valence-corrected chi connectivity index (χ3v) is 0.597. The normalized spacial score (nSPS) is 13.2. The summed E-state index contributed by atoms with van der Waals surface area (Å²) in [7, 11) is 0. The molecule has 0 aliphatic carbocycles. The van der Waals surface area contributed by atoms with Crippen LogP contribution in [-0.2, 0) is 9.53 Å². The zero-order valence-corrected chi connectivity index (χ0v) is 5.39. The molecule has 0 aromatic heterocycles. The van der Waals surface area contributed by atoms with E-state index in [1.807, 2.05) is 0 Å². The molecule has 1 N–H and O–H groups in total. The number of aliphatic carboxylic acids is 1. The molecule has 0 saturated heterocycles. The Morgan fingerprint density at radius 2 is 2.50 bits per heavy atom. The van der Waals surface area contributed by atoms with Crippen molar-refractivity contribution >= 4 is 18.6 Å². The van der Waals surface area contributed by atoms with E-state index in [9.17, 15) is 4.79 Å². The van der Waals surface area contributed by atoms with E-state index in [1.165, 1.54) is 0 Å². The summed E-state index contributed by atoms with van der Waals surface area (Å²) in [4.78, 5) is 9.74. The number of rotatable bonds is 3. The molecule has 0 saturated carbocycles. The first-order chi connectivity index (χ1) is 3.63. The summed E-state index contributed by atoms with van der Waals surface area (Å²) >= 11 is 3.79. The first-order valence-corrected chi connectivity index (χ1v) is 2.66. The van der Waals surface area contributed by atoms with E-state index in [4.69, 9.17) is 5.11 Å².